The normalized spacial score (nSPS) is 21.5. The van der Waals surface area contributed by atoms with Crippen LogP contribution in [0.15, 0.2) is 96.2 Å². The van der Waals surface area contributed by atoms with E-state index in [-0.39, 0.29) is 22.7 Å². The Morgan fingerprint density at radius 3 is 1.97 bits per heavy atom. The van der Waals surface area contributed by atoms with Gasteiger partial charge in [0.05, 0.1) is 5.57 Å². The molecular formula is C30H27ClF3NO4. The lowest BCUT2D eigenvalue weighted by molar-refractivity contribution is -0.201. The van der Waals surface area contributed by atoms with Gasteiger partial charge in [-0.05, 0) is 48.6 Å². The Bertz CT molecular complexity index is 1340. The van der Waals surface area contributed by atoms with Crippen molar-refractivity contribution in [3.8, 4) is 0 Å². The molecule has 0 saturated carbocycles. The third-order valence-corrected chi connectivity index (χ3v) is 7.71. The molecule has 9 heteroatoms. The molecule has 204 valence electrons. The molecule has 4 rings (SSSR count). The van der Waals surface area contributed by atoms with E-state index in [1.165, 1.54) is 31.2 Å². The smallest absolute Gasteiger partial charge is 0.409 e. The van der Waals surface area contributed by atoms with Crippen molar-refractivity contribution in [3.05, 3.63) is 118 Å². The Balaban J connectivity index is 1.94. The molecule has 0 amide bonds. The van der Waals surface area contributed by atoms with Gasteiger partial charge in [-0.2, -0.15) is 13.2 Å². The van der Waals surface area contributed by atoms with E-state index in [0.29, 0.717) is 0 Å². The molecule has 0 fully saturated rings. The van der Waals surface area contributed by atoms with E-state index in [2.05, 4.69) is 5.32 Å². The summed E-state index contributed by atoms with van der Waals surface area (Å²) in [6.07, 6.45) is -5.47. The van der Waals surface area contributed by atoms with Crippen LogP contribution in [0, 0.1) is 5.41 Å². The molecule has 0 bridgehead atoms. The Hall–Kier alpha value is -3.78. The minimum Gasteiger partial charge on any atom is -0.481 e. The molecule has 1 aliphatic rings. The van der Waals surface area contributed by atoms with E-state index in [1.807, 2.05) is 60.7 Å². The highest BCUT2D eigenvalue weighted by molar-refractivity contribution is 6.30. The summed E-state index contributed by atoms with van der Waals surface area (Å²) in [4.78, 5) is 25.7. The van der Waals surface area contributed by atoms with Gasteiger partial charge in [0.1, 0.15) is 11.5 Å². The third-order valence-electron chi connectivity index (χ3n) is 7.47. The summed E-state index contributed by atoms with van der Waals surface area (Å²) in [5.41, 5.74) is -1.57. The van der Waals surface area contributed by atoms with Gasteiger partial charge >= 0.3 is 18.1 Å². The molecule has 0 saturated heterocycles. The number of carboxylic acids is 2. The molecule has 0 radical (unpaired) electrons. The van der Waals surface area contributed by atoms with E-state index in [4.69, 9.17) is 11.6 Å². The first kappa shape index (κ1) is 28.2. The van der Waals surface area contributed by atoms with Crippen molar-refractivity contribution in [2.24, 2.45) is 5.41 Å². The summed E-state index contributed by atoms with van der Waals surface area (Å²) in [6.45, 7) is 1.22. The van der Waals surface area contributed by atoms with E-state index in [1.54, 1.807) is 0 Å². The summed E-state index contributed by atoms with van der Waals surface area (Å²) in [5.74, 6) is -5.31. The fourth-order valence-electron chi connectivity index (χ4n) is 5.79. The SMILES string of the molecule is CC1=C(C(=O)O)C(c2cccc(Cl)c2)C(CCC(c2ccccc2)c2ccccc2)(C(=O)O)C(C(F)(F)F)N1. The predicted octanol–water partition coefficient (Wildman–Crippen LogP) is 7.00. The second kappa shape index (κ2) is 11.1. The van der Waals surface area contributed by atoms with Gasteiger partial charge in [-0.1, -0.05) is 84.4 Å². The van der Waals surface area contributed by atoms with Crippen molar-refractivity contribution in [2.45, 2.75) is 43.8 Å². The number of carbonyl (C=O) groups is 2. The van der Waals surface area contributed by atoms with Crippen molar-refractivity contribution in [2.75, 3.05) is 0 Å². The van der Waals surface area contributed by atoms with Crippen LogP contribution in [-0.4, -0.2) is 34.4 Å². The molecular weight excluding hydrogens is 531 g/mol. The summed E-state index contributed by atoms with van der Waals surface area (Å²) < 4.78 is 44.1. The number of halogens is 4. The number of hydrogen-bond donors (Lipinski definition) is 3. The molecule has 0 aliphatic carbocycles. The molecule has 3 N–H and O–H groups in total. The number of benzene rings is 3. The first-order valence-electron chi connectivity index (χ1n) is 12.3. The fraction of sp³-hybridized carbons (Fsp3) is 0.267. The van der Waals surface area contributed by atoms with E-state index >= 15 is 0 Å². The maximum absolute atomic E-state index is 14.7. The van der Waals surface area contributed by atoms with Crippen LogP contribution >= 0.6 is 11.6 Å². The number of alkyl halides is 3. The molecule has 39 heavy (non-hydrogen) atoms. The van der Waals surface area contributed by atoms with E-state index in [0.717, 1.165) is 11.1 Å². The van der Waals surface area contributed by atoms with Gasteiger partial charge in [0.2, 0.25) is 0 Å². The van der Waals surface area contributed by atoms with Crippen molar-refractivity contribution in [1.82, 2.24) is 5.32 Å². The number of carboxylic acid groups (broad SMARTS) is 2. The first-order valence-corrected chi connectivity index (χ1v) is 12.7. The van der Waals surface area contributed by atoms with Gasteiger partial charge in [0, 0.05) is 22.6 Å². The molecule has 5 nitrogen and oxygen atoms in total. The Kier molecular flexibility index (Phi) is 8.07. The maximum Gasteiger partial charge on any atom is 0.409 e. The summed E-state index contributed by atoms with van der Waals surface area (Å²) >= 11 is 6.17. The van der Waals surface area contributed by atoms with Crippen LogP contribution in [0.4, 0.5) is 13.2 Å². The van der Waals surface area contributed by atoms with Crippen molar-refractivity contribution in [1.29, 1.82) is 0 Å². The Morgan fingerprint density at radius 2 is 1.51 bits per heavy atom. The van der Waals surface area contributed by atoms with Gasteiger partial charge in [-0.25, -0.2) is 4.79 Å². The Labute approximate surface area is 228 Å². The molecule has 1 aliphatic heterocycles. The lowest BCUT2D eigenvalue weighted by Gasteiger charge is -2.48. The minimum atomic E-state index is -5.00. The zero-order valence-electron chi connectivity index (χ0n) is 21.0. The fourth-order valence-corrected chi connectivity index (χ4v) is 5.99. The standard InChI is InChI=1S/C30H27ClF3NO4/c1-18-24(26(36)37)25(21-13-8-14-22(31)17-21)29(28(38)39,27(35-18)30(32,33)34)16-15-23(19-9-4-2-5-10-19)20-11-6-3-7-12-20/h2-14,17,23,25,27,35H,15-16H2,1H3,(H,36,37)(H,38,39). The highest BCUT2D eigenvalue weighted by atomic mass is 35.5. The third kappa shape index (κ3) is 5.52. The van der Waals surface area contributed by atoms with Crippen LogP contribution in [-0.2, 0) is 9.59 Å². The second-order valence-electron chi connectivity index (χ2n) is 9.71. The summed E-state index contributed by atoms with van der Waals surface area (Å²) in [6, 6.07) is 21.4. The van der Waals surface area contributed by atoms with Crippen molar-refractivity contribution < 1.29 is 33.0 Å². The van der Waals surface area contributed by atoms with Gasteiger partial charge in [-0.3, -0.25) is 4.79 Å². The lowest BCUT2D eigenvalue weighted by Crippen LogP contribution is -2.63. The van der Waals surface area contributed by atoms with Gasteiger partial charge < -0.3 is 15.5 Å². The Morgan fingerprint density at radius 1 is 0.949 bits per heavy atom. The van der Waals surface area contributed by atoms with Gasteiger partial charge in [0.25, 0.3) is 0 Å². The molecule has 0 aromatic heterocycles. The molecule has 3 aromatic carbocycles. The predicted molar refractivity (Wildman–Crippen MR) is 142 cm³/mol. The lowest BCUT2D eigenvalue weighted by atomic mass is 9.58. The first-order chi connectivity index (χ1) is 18.5. The van der Waals surface area contributed by atoms with Gasteiger partial charge in [-0.15, -0.1) is 0 Å². The van der Waals surface area contributed by atoms with Crippen LogP contribution in [0.25, 0.3) is 0 Å². The maximum atomic E-state index is 14.7. The monoisotopic (exact) mass is 557 g/mol. The second-order valence-corrected chi connectivity index (χ2v) is 10.1. The number of aliphatic carboxylic acids is 2. The molecule has 1 heterocycles. The zero-order valence-corrected chi connectivity index (χ0v) is 21.7. The highest BCUT2D eigenvalue weighted by Gasteiger charge is 2.65. The quantitative estimate of drug-likeness (QED) is 0.278. The molecule has 3 atom stereocenters. The van der Waals surface area contributed by atoms with Crippen LogP contribution in [0.1, 0.15) is 48.3 Å². The number of hydrogen-bond acceptors (Lipinski definition) is 3. The largest absolute Gasteiger partial charge is 0.481 e. The molecule has 3 aromatic rings. The highest BCUT2D eigenvalue weighted by Crippen LogP contribution is 2.55. The molecule has 3 unspecified atom stereocenters. The van der Waals surface area contributed by atoms with Crippen molar-refractivity contribution >= 4 is 23.5 Å². The van der Waals surface area contributed by atoms with Crippen LogP contribution in [0.3, 0.4) is 0 Å². The molecule has 0 spiro atoms. The topological polar surface area (TPSA) is 86.6 Å². The minimum absolute atomic E-state index is 0.0115. The number of allylic oxidation sites excluding steroid dienone is 1. The summed E-state index contributed by atoms with van der Waals surface area (Å²) in [5, 5.41) is 23.2. The van der Waals surface area contributed by atoms with Gasteiger partial charge in [0.15, 0.2) is 0 Å². The van der Waals surface area contributed by atoms with Crippen LogP contribution < -0.4 is 5.32 Å². The summed E-state index contributed by atoms with van der Waals surface area (Å²) in [7, 11) is 0. The number of nitrogens with one attached hydrogen (secondary N) is 1. The van der Waals surface area contributed by atoms with Crippen molar-refractivity contribution in [3.63, 3.8) is 0 Å². The van der Waals surface area contributed by atoms with Crippen LogP contribution in [0.5, 0.6) is 0 Å². The number of rotatable bonds is 8. The average Bonchev–Trinajstić information content (AvgIpc) is 2.89. The average molecular weight is 558 g/mol. The zero-order chi connectivity index (χ0) is 28.4. The van der Waals surface area contributed by atoms with E-state index < -0.39 is 53.4 Å². The van der Waals surface area contributed by atoms with Crippen LogP contribution in [0.2, 0.25) is 5.02 Å². The van der Waals surface area contributed by atoms with E-state index in [9.17, 15) is 33.0 Å².